The maximum Gasteiger partial charge on any atom is 0.506 e. The lowest BCUT2D eigenvalue weighted by atomic mass is 9.80. The van der Waals surface area contributed by atoms with Crippen LogP contribution in [-0.2, 0) is 19.4 Å². The van der Waals surface area contributed by atoms with Gasteiger partial charge < -0.3 is 17.5 Å². The van der Waals surface area contributed by atoms with Crippen LogP contribution in [0.3, 0.4) is 0 Å². The van der Waals surface area contributed by atoms with Gasteiger partial charge in [-0.3, -0.25) is 0 Å². The quantitative estimate of drug-likeness (QED) is 0.746. The van der Waals surface area contributed by atoms with Crippen LogP contribution in [0.5, 0.6) is 0 Å². The molecule has 2 nitrogen and oxygen atoms in total. The third kappa shape index (κ3) is 2.40. The van der Waals surface area contributed by atoms with Crippen LogP contribution in [0.2, 0.25) is 0 Å². The van der Waals surface area contributed by atoms with Gasteiger partial charge >= 0.3 is 6.98 Å². The maximum absolute atomic E-state index is 12.5. The van der Waals surface area contributed by atoms with E-state index >= 15 is 0 Å². The largest absolute Gasteiger partial charge is 0.506 e. The van der Waals surface area contributed by atoms with Gasteiger partial charge in [-0.1, -0.05) is 0 Å². The van der Waals surface area contributed by atoms with E-state index in [-0.39, 0.29) is 6.54 Å². The first-order valence-electron chi connectivity index (χ1n) is 5.82. The van der Waals surface area contributed by atoms with Crippen molar-refractivity contribution >= 4 is 6.98 Å². The van der Waals surface area contributed by atoms with Crippen LogP contribution in [0, 0.1) is 6.92 Å². The summed E-state index contributed by atoms with van der Waals surface area (Å²) in [6, 6.07) is 0. The summed E-state index contributed by atoms with van der Waals surface area (Å²) in [5.41, 5.74) is 1.28. The summed E-state index contributed by atoms with van der Waals surface area (Å²) in [6.45, 7) is -0.219. The predicted molar refractivity (Wildman–Crippen MR) is 61.8 cm³/mol. The van der Waals surface area contributed by atoms with Crippen molar-refractivity contribution in [3.8, 4) is 0 Å². The van der Waals surface area contributed by atoms with Crippen molar-refractivity contribution in [1.82, 2.24) is 9.55 Å². The third-order valence-electron chi connectivity index (χ3n) is 3.25. The second kappa shape index (κ2) is 4.24. The summed E-state index contributed by atoms with van der Waals surface area (Å²) in [5.74, 6) is 0.665. The first-order chi connectivity index (χ1) is 7.89. The summed E-state index contributed by atoms with van der Waals surface area (Å²) >= 11 is 0. The van der Waals surface area contributed by atoms with E-state index in [0.717, 1.165) is 37.1 Å². The van der Waals surface area contributed by atoms with Crippen molar-refractivity contribution in [2.24, 2.45) is 0 Å². The van der Waals surface area contributed by atoms with Gasteiger partial charge in [-0.25, -0.2) is 4.98 Å². The molecule has 0 saturated heterocycles. The highest BCUT2D eigenvalue weighted by Crippen LogP contribution is 2.25. The van der Waals surface area contributed by atoms with Gasteiger partial charge in [0.2, 0.25) is 0 Å². The van der Waals surface area contributed by atoms with Crippen LogP contribution < -0.4 is 0 Å². The standard InChI is InChI=1S/C11H15BF3N2/c1-8(12(13,14)15)7-17-9(2)16-10-5-3-4-6-11(10)17/h1,3-7H2,2H3/q-1. The molecule has 0 radical (unpaired) electrons. The molecule has 1 heterocycles. The lowest BCUT2D eigenvalue weighted by Gasteiger charge is -2.21. The van der Waals surface area contributed by atoms with E-state index in [1.165, 1.54) is 0 Å². The Morgan fingerprint density at radius 1 is 1.35 bits per heavy atom. The maximum atomic E-state index is 12.5. The van der Waals surface area contributed by atoms with Crippen LogP contribution in [-0.4, -0.2) is 16.5 Å². The van der Waals surface area contributed by atoms with Crippen LogP contribution in [0.4, 0.5) is 12.9 Å². The summed E-state index contributed by atoms with van der Waals surface area (Å²) in [7, 11) is 0. The minimum atomic E-state index is -4.95. The molecule has 0 aromatic carbocycles. The molecule has 0 aliphatic heterocycles. The molecule has 1 aliphatic rings. The fourth-order valence-corrected chi connectivity index (χ4v) is 2.25. The molecule has 17 heavy (non-hydrogen) atoms. The number of aryl methyl sites for hydroxylation is 2. The van der Waals surface area contributed by atoms with Gasteiger partial charge in [0.15, 0.2) is 0 Å². The lowest BCUT2D eigenvalue weighted by molar-refractivity contribution is 0.480. The summed E-state index contributed by atoms with van der Waals surface area (Å²) in [4.78, 5) is 4.35. The van der Waals surface area contributed by atoms with E-state index < -0.39 is 12.4 Å². The van der Waals surface area contributed by atoms with E-state index in [2.05, 4.69) is 11.6 Å². The number of rotatable bonds is 3. The van der Waals surface area contributed by atoms with Gasteiger partial charge in [0, 0.05) is 12.2 Å². The molecule has 0 unspecified atom stereocenters. The summed E-state index contributed by atoms with van der Waals surface area (Å²) in [6.07, 6.45) is 3.82. The number of hydrogen-bond donors (Lipinski definition) is 0. The molecule has 6 heteroatoms. The van der Waals surface area contributed by atoms with Crippen molar-refractivity contribution in [2.45, 2.75) is 39.2 Å². The molecule has 0 amide bonds. The fourth-order valence-electron chi connectivity index (χ4n) is 2.25. The zero-order valence-corrected chi connectivity index (χ0v) is 9.85. The van der Waals surface area contributed by atoms with E-state index in [9.17, 15) is 12.9 Å². The Balaban J connectivity index is 2.27. The Kier molecular flexibility index (Phi) is 3.06. The SMILES string of the molecule is C=C(Cn1c(C)nc2c1CCCC2)[B-](F)(F)F. The van der Waals surface area contributed by atoms with Gasteiger partial charge in [0.1, 0.15) is 5.82 Å². The predicted octanol–water partition coefficient (Wildman–Crippen LogP) is 3.01. The minimum absolute atomic E-state index is 0.169. The molecule has 0 bridgehead atoms. The number of nitrogens with zero attached hydrogens (tertiary/aromatic N) is 2. The summed E-state index contributed by atoms with van der Waals surface area (Å²) in [5, 5.41) is 0. The fraction of sp³-hybridized carbons (Fsp3) is 0.545. The summed E-state index contributed by atoms with van der Waals surface area (Å²) < 4.78 is 39.3. The van der Waals surface area contributed by atoms with Gasteiger partial charge in [-0.15, -0.1) is 12.1 Å². The van der Waals surface area contributed by atoms with Gasteiger partial charge in [0.05, 0.1) is 5.69 Å². The Morgan fingerprint density at radius 3 is 2.65 bits per heavy atom. The van der Waals surface area contributed by atoms with Crippen molar-refractivity contribution in [3.05, 3.63) is 29.3 Å². The molecule has 0 saturated carbocycles. The first kappa shape index (κ1) is 12.3. The topological polar surface area (TPSA) is 17.8 Å². The second-order valence-electron chi connectivity index (χ2n) is 4.58. The molecular formula is C11H15BF3N2-. The molecule has 0 spiro atoms. The molecule has 1 aliphatic carbocycles. The number of halogens is 3. The van der Waals surface area contributed by atoms with Crippen LogP contribution in [0.25, 0.3) is 0 Å². The Labute approximate surface area is 98.6 Å². The molecule has 94 valence electrons. The van der Waals surface area contributed by atoms with E-state index in [1.54, 1.807) is 11.5 Å². The van der Waals surface area contributed by atoms with Crippen molar-refractivity contribution in [3.63, 3.8) is 0 Å². The van der Waals surface area contributed by atoms with Crippen LogP contribution >= 0.6 is 0 Å². The number of fused-ring (bicyclic) bond motifs is 1. The molecule has 0 N–H and O–H groups in total. The smallest absolute Gasteiger partial charge is 0.445 e. The van der Waals surface area contributed by atoms with Crippen LogP contribution in [0.15, 0.2) is 12.1 Å². The third-order valence-corrected chi connectivity index (χ3v) is 3.25. The second-order valence-corrected chi connectivity index (χ2v) is 4.58. The Morgan fingerprint density at radius 2 is 2.00 bits per heavy atom. The van der Waals surface area contributed by atoms with Gasteiger partial charge in [-0.05, 0) is 32.6 Å². The average molecular weight is 243 g/mol. The highest BCUT2D eigenvalue weighted by atomic mass is 19.4. The average Bonchev–Trinajstić information content (AvgIpc) is 2.54. The van der Waals surface area contributed by atoms with Crippen molar-refractivity contribution in [2.75, 3.05) is 0 Å². The van der Waals surface area contributed by atoms with Crippen LogP contribution in [0.1, 0.15) is 30.1 Å². The number of imidazole rings is 1. The monoisotopic (exact) mass is 243 g/mol. The highest BCUT2D eigenvalue weighted by molar-refractivity contribution is 6.66. The van der Waals surface area contributed by atoms with Crippen molar-refractivity contribution in [1.29, 1.82) is 0 Å². The number of hydrogen-bond acceptors (Lipinski definition) is 1. The van der Waals surface area contributed by atoms with Gasteiger partial charge in [0.25, 0.3) is 0 Å². The number of allylic oxidation sites excluding steroid dienone is 1. The minimum Gasteiger partial charge on any atom is -0.445 e. The zero-order valence-electron chi connectivity index (χ0n) is 9.85. The Hall–Kier alpha value is -1.20. The normalized spacial score (nSPS) is 15.8. The Bertz CT molecular complexity index is 448. The molecule has 1 aromatic rings. The number of aromatic nitrogens is 2. The molecule has 2 rings (SSSR count). The highest BCUT2D eigenvalue weighted by Gasteiger charge is 2.28. The molecule has 0 atom stereocenters. The van der Waals surface area contributed by atoms with E-state index in [1.807, 2.05) is 0 Å². The first-order valence-corrected chi connectivity index (χ1v) is 5.82. The molecule has 0 fully saturated rings. The van der Waals surface area contributed by atoms with Gasteiger partial charge in [-0.2, -0.15) is 0 Å². The molecular weight excluding hydrogens is 228 g/mol. The lowest BCUT2D eigenvalue weighted by Crippen LogP contribution is -2.24. The van der Waals surface area contributed by atoms with Crippen molar-refractivity contribution < 1.29 is 12.9 Å². The van der Waals surface area contributed by atoms with E-state index in [0.29, 0.717) is 5.82 Å². The molecule has 1 aromatic heterocycles. The van der Waals surface area contributed by atoms with E-state index in [4.69, 9.17) is 0 Å². The zero-order chi connectivity index (χ0) is 12.6.